The summed E-state index contributed by atoms with van der Waals surface area (Å²) >= 11 is 6.07. The Labute approximate surface area is 110 Å². The van der Waals surface area contributed by atoms with Crippen LogP contribution in [-0.4, -0.2) is 17.1 Å². The van der Waals surface area contributed by atoms with Crippen LogP contribution in [0.1, 0.15) is 11.4 Å². The summed E-state index contributed by atoms with van der Waals surface area (Å²) in [5.74, 6) is 0.497. The summed E-state index contributed by atoms with van der Waals surface area (Å²) in [7, 11) is 1.55. The lowest BCUT2D eigenvalue weighted by molar-refractivity contribution is 0.177. The van der Waals surface area contributed by atoms with Gasteiger partial charge in [0.25, 0.3) is 5.56 Å². The molecule has 0 spiro atoms. The third-order valence-electron chi connectivity index (χ3n) is 2.54. The number of nitrogens with zero attached hydrogens (tertiary/aromatic N) is 1. The molecule has 1 aromatic heterocycles. The molecule has 2 aromatic rings. The first kappa shape index (κ1) is 12.8. The van der Waals surface area contributed by atoms with E-state index in [2.05, 4.69) is 9.97 Å². The molecule has 94 valence electrons. The molecular weight excluding hydrogens is 252 g/mol. The first-order valence-corrected chi connectivity index (χ1v) is 5.83. The quantitative estimate of drug-likeness (QED) is 0.927. The van der Waals surface area contributed by atoms with Crippen LogP contribution in [0.4, 0.5) is 0 Å². The number of nitrogens with one attached hydrogen (secondary N) is 1. The molecule has 1 heterocycles. The van der Waals surface area contributed by atoms with Gasteiger partial charge < -0.3 is 9.72 Å². The number of rotatable bonds is 3. The first-order chi connectivity index (χ1) is 8.60. The molecule has 1 aromatic carbocycles. The van der Waals surface area contributed by atoms with Crippen LogP contribution >= 0.6 is 11.6 Å². The smallest absolute Gasteiger partial charge is 0.251 e. The van der Waals surface area contributed by atoms with Crippen molar-refractivity contribution in [2.75, 3.05) is 7.11 Å². The maximum Gasteiger partial charge on any atom is 0.251 e. The lowest BCUT2D eigenvalue weighted by Gasteiger charge is -2.05. The summed E-state index contributed by atoms with van der Waals surface area (Å²) in [6.07, 6.45) is 0. The zero-order valence-electron chi connectivity index (χ0n) is 10.2. The number of H-pyrrole nitrogens is 1. The Bertz CT molecular complexity index is 623. The van der Waals surface area contributed by atoms with Gasteiger partial charge in [-0.3, -0.25) is 4.79 Å². The molecule has 4 nitrogen and oxygen atoms in total. The van der Waals surface area contributed by atoms with Crippen molar-refractivity contribution in [1.29, 1.82) is 0 Å². The second kappa shape index (κ2) is 5.33. The van der Waals surface area contributed by atoms with E-state index >= 15 is 0 Å². The second-order valence-corrected chi connectivity index (χ2v) is 4.38. The Morgan fingerprint density at radius 3 is 2.83 bits per heavy atom. The van der Waals surface area contributed by atoms with E-state index in [0.717, 1.165) is 11.1 Å². The molecule has 18 heavy (non-hydrogen) atoms. The van der Waals surface area contributed by atoms with Crippen molar-refractivity contribution in [2.24, 2.45) is 0 Å². The SMILES string of the molecule is COCc1nc(-c2ccc(C)c(Cl)c2)cc(=O)[nH]1. The highest BCUT2D eigenvalue weighted by atomic mass is 35.5. The monoisotopic (exact) mass is 264 g/mol. The summed E-state index contributed by atoms with van der Waals surface area (Å²) in [5, 5.41) is 0.655. The van der Waals surface area contributed by atoms with E-state index in [0.29, 0.717) is 16.5 Å². The predicted octanol–water partition coefficient (Wildman–Crippen LogP) is 2.55. The Morgan fingerprint density at radius 1 is 1.39 bits per heavy atom. The van der Waals surface area contributed by atoms with E-state index in [1.807, 2.05) is 19.1 Å². The summed E-state index contributed by atoms with van der Waals surface area (Å²) in [6.45, 7) is 2.19. The van der Waals surface area contributed by atoms with Gasteiger partial charge >= 0.3 is 0 Å². The number of aryl methyl sites for hydroxylation is 1. The Hall–Kier alpha value is -1.65. The predicted molar refractivity (Wildman–Crippen MR) is 70.8 cm³/mol. The van der Waals surface area contributed by atoms with Gasteiger partial charge in [-0.25, -0.2) is 4.98 Å². The van der Waals surface area contributed by atoms with Crippen LogP contribution in [0.2, 0.25) is 5.02 Å². The van der Waals surface area contributed by atoms with Crippen LogP contribution in [-0.2, 0) is 11.3 Å². The van der Waals surface area contributed by atoms with Gasteiger partial charge in [0.2, 0.25) is 0 Å². The van der Waals surface area contributed by atoms with E-state index in [4.69, 9.17) is 16.3 Å². The van der Waals surface area contributed by atoms with Crippen molar-refractivity contribution >= 4 is 11.6 Å². The second-order valence-electron chi connectivity index (χ2n) is 3.97. The molecule has 5 heteroatoms. The maximum absolute atomic E-state index is 11.5. The standard InChI is InChI=1S/C13H13ClN2O2/c1-8-3-4-9(5-10(8)14)11-6-13(17)16-12(15-11)7-18-2/h3-6H,7H2,1-2H3,(H,15,16,17). The van der Waals surface area contributed by atoms with Gasteiger partial charge in [0.1, 0.15) is 12.4 Å². The topological polar surface area (TPSA) is 55.0 Å². The first-order valence-electron chi connectivity index (χ1n) is 5.46. The molecule has 0 aliphatic rings. The lowest BCUT2D eigenvalue weighted by atomic mass is 10.1. The number of methoxy groups -OCH3 is 1. The van der Waals surface area contributed by atoms with E-state index in [-0.39, 0.29) is 12.2 Å². The molecule has 0 aliphatic heterocycles. The van der Waals surface area contributed by atoms with Gasteiger partial charge in [-0.1, -0.05) is 23.7 Å². The van der Waals surface area contributed by atoms with E-state index in [9.17, 15) is 4.79 Å². The van der Waals surface area contributed by atoms with Gasteiger partial charge in [0, 0.05) is 23.8 Å². The van der Waals surface area contributed by atoms with E-state index < -0.39 is 0 Å². The highest BCUT2D eigenvalue weighted by Crippen LogP contribution is 2.23. The van der Waals surface area contributed by atoms with Crippen molar-refractivity contribution in [3.05, 3.63) is 51.0 Å². The van der Waals surface area contributed by atoms with Crippen molar-refractivity contribution in [3.8, 4) is 11.3 Å². The van der Waals surface area contributed by atoms with Crippen LogP contribution in [0.3, 0.4) is 0 Å². The fraction of sp³-hybridized carbons (Fsp3) is 0.231. The number of halogens is 1. The minimum atomic E-state index is -0.205. The average Bonchev–Trinajstić information content (AvgIpc) is 2.32. The van der Waals surface area contributed by atoms with Gasteiger partial charge in [-0.05, 0) is 18.6 Å². The zero-order chi connectivity index (χ0) is 13.1. The largest absolute Gasteiger partial charge is 0.377 e. The molecule has 0 unspecified atom stereocenters. The summed E-state index contributed by atoms with van der Waals surface area (Å²) < 4.78 is 4.96. The minimum absolute atomic E-state index is 0.205. The Balaban J connectivity index is 2.49. The number of aromatic nitrogens is 2. The van der Waals surface area contributed by atoms with Gasteiger partial charge in [-0.2, -0.15) is 0 Å². The van der Waals surface area contributed by atoms with Crippen LogP contribution < -0.4 is 5.56 Å². The third-order valence-corrected chi connectivity index (χ3v) is 2.95. The molecule has 0 radical (unpaired) electrons. The number of ether oxygens (including phenoxy) is 1. The molecule has 0 bridgehead atoms. The average molecular weight is 265 g/mol. The number of benzene rings is 1. The highest BCUT2D eigenvalue weighted by molar-refractivity contribution is 6.31. The maximum atomic E-state index is 11.5. The van der Waals surface area contributed by atoms with Crippen molar-refractivity contribution in [3.63, 3.8) is 0 Å². The van der Waals surface area contributed by atoms with Crippen molar-refractivity contribution in [2.45, 2.75) is 13.5 Å². The van der Waals surface area contributed by atoms with Gasteiger partial charge in [-0.15, -0.1) is 0 Å². The van der Waals surface area contributed by atoms with Crippen LogP contribution in [0.5, 0.6) is 0 Å². The van der Waals surface area contributed by atoms with Crippen LogP contribution in [0.25, 0.3) is 11.3 Å². The third kappa shape index (κ3) is 2.78. The molecule has 0 fully saturated rings. The zero-order valence-corrected chi connectivity index (χ0v) is 10.9. The van der Waals surface area contributed by atoms with Crippen LogP contribution in [0, 0.1) is 6.92 Å². The summed E-state index contributed by atoms with van der Waals surface area (Å²) in [4.78, 5) is 18.5. The highest BCUT2D eigenvalue weighted by Gasteiger charge is 2.05. The van der Waals surface area contributed by atoms with Gasteiger partial charge in [0.15, 0.2) is 0 Å². The number of hydrogen-bond acceptors (Lipinski definition) is 3. The molecule has 0 amide bonds. The fourth-order valence-corrected chi connectivity index (χ4v) is 1.79. The number of hydrogen-bond donors (Lipinski definition) is 1. The molecule has 0 atom stereocenters. The lowest BCUT2D eigenvalue weighted by Crippen LogP contribution is -2.11. The molecule has 0 saturated heterocycles. The molecule has 2 rings (SSSR count). The van der Waals surface area contributed by atoms with Crippen LogP contribution in [0.15, 0.2) is 29.1 Å². The van der Waals surface area contributed by atoms with E-state index in [1.165, 1.54) is 6.07 Å². The van der Waals surface area contributed by atoms with Gasteiger partial charge in [0.05, 0.1) is 5.69 Å². The Kier molecular flexibility index (Phi) is 3.79. The normalized spacial score (nSPS) is 10.6. The van der Waals surface area contributed by atoms with Crippen molar-refractivity contribution < 1.29 is 4.74 Å². The van der Waals surface area contributed by atoms with E-state index in [1.54, 1.807) is 13.2 Å². The Morgan fingerprint density at radius 2 is 2.17 bits per heavy atom. The minimum Gasteiger partial charge on any atom is -0.377 e. The summed E-state index contributed by atoms with van der Waals surface area (Å²) in [6, 6.07) is 7.03. The van der Waals surface area contributed by atoms with Crippen molar-refractivity contribution in [1.82, 2.24) is 9.97 Å². The fourth-order valence-electron chi connectivity index (χ4n) is 1.61. The molecule has 0 aliphatic carbocycles. The molecule has 0 saturated carbocycles. The molecular formula is C13H13ClN2O2. The number of aromatic amines is 1. The summed E-state index contributed by atoms with van der Waals surface area (Å²) in [5.41, 5.74) is 2.19. The molecule has 1 N–H and O–H groups in total.